The zero-order chi connectivity index (χ0) is 14.6. The highest BCUT2D eigenvalue weighted by Gasteiger charge is 2.16. The number of benzene rings is 1. The Morgan fingerprint density at radius 2 is 1.89 bits per heavy atom. The van der Waals surface area contributed by atoms with Crippen LogP contribution in [0.2, 0.25) is 5.02 Å². The minimum Gasteiger partial charge on any atom is -0.370 e. The van der Waals surface area contributed by atoms with Gasteiger partial charge >= 0.3 is 0 Å². The van der Waals surface area contributed by atoms with Gasteiger partial charge in [0.25, 0.3) is 0 Å². The van der Waals surface area contributed by atoms with Crippen molar-refractivity contribution in [2.45, 2.75) is 52.6 Å². The van der Waals surface area contributed by atoms with Crippen LogP contribution in [0.5, 0.6) is 0 Å². The van der Waals surface area contributed by atoms with Crippen molar-refractivity contribution in [2.75, 3.05) is 11.9 Å². The third kappa shape index (κ3) is 4.39. The molecule has 2 N–H and O–H groups in total. The Morgan fingerprint density at radius 1 is 1.26 bits per heavy atom. The first-order valence-corrected chi connectivity index (χ1v) is 7.51. The number of nitrogens with two attached hydrogens (primary N) is 1. The summed E-state index contributed by atoms with van der Waals surface area (Å²) in [6.07, 6.45) is 1.88. The van der Waals surface area contributed by atoms with E-state index in [2.05, 4.69) is 57.8 Å². The normalized spacial score (nSPS) is 14.5. The van der Waals surface area contributed by atoms with Gasteiger partial charge in [-0.1, -0.05) is 38.4 Å². The molecule has 108 valence electrons. The molecule has 0 bridgehead atoms. The highest BCUT2D eigenvalue weighted by Crippen LogP contribution is 2.29. The molecule has 2 nitrogen and oxygen atoms in total. The Bertz CT molecular complexity index is 404. The van der Waals surface area contributed by atoms with Gasteiger partial charge in [-0.2, -0.15) is 0 Å². The Balaban J connectivity index is 2.88. The maximum Gasteiger partial charge on any atom is 0.0642 e. The van der Waals surface area contributed by atoms with E-state index in [0.717, 1.165) is 23.6 Å². The molecule has 0 saturated carbocycles. The van der Waals surface area contributed by atoms with E-state index in [-0.39, 0.29) is 6.04 Å². The van der Waals surface area contributed by atoms with Crippen LogP contribution in [-0.2, 0) is 6.42 Å². The number of hydrogen-bond acceptors (Lipinski definition) is 2. The molecular weight excluding hydrogens is 256 g/mol. The van der Waals surface area contributed by atoms with E-state index in [4.69, 9.17) is 17.3 Å². The molecule has 0 amide bonds. The van der Waals surface area contributed by atoms with E-state index in [1.165, 1.54) is 5.56 Å². The maximum atomic E-state index is 6.42. The summed E-state index contributed by atoms with van der Waals surface area (Å²) < 4.78 is 0. The van der Waals surface area contributed by atoms with Crippen molar-refractivity contribution >= 4 is 17.3 Å². The topological polar surface area (TPSA) is 29.3 Å². The Kier molecular flexibility index (Phi) is 6.15. The summed E-state index contributed by atoms with van der Waals surface area (Å²) in [5.74, 6) is 0.592. The minimum atomic E-state index is 0.217. The molecule has 0 aromatic heterocycles. The quantitative estimate of drug-likeness (QED) is 0.851. The smallest absolute Gasteiger partial charge is 0.0642 e. The van der Waals surface area contributed by atoms with Gasteiger partial charge in [-0.25, -0.2) is 0 Å². The lowest BCUT2D eigenvalue weighted by molar-refractivity contribution is 0.505. The number of nitrogens with zero attached hydrogens (tertiary/aromatic N) is 1. The molecule has 0 aliphatic heterocycles. The fourth-order valence-corrected chi connectivity index (χ4v) is 2.41. The highest BCUT2D eigenvalue weighted by molar-refractivity contribution is 6.33. The van der Waals surface area contributed by atoms with Gasteiger partial charge in [0, 0.05) is 19.1 Å². The summed E-state index contributed by atoms with van der Waals surface area (Å²) >= 11 is 6.42. The summed E-state index contributed by atoms with van der Waals surface area (Å²) in [7, 11) is 2.10. The van der Waals surface area contributed by atoms with Gasteiger partial charge in [0.1, 0.15) is 0 Å². The molecule has 1 aromatic rings. The zero-order valence-electron chi connectivity index (χ0n) is 12.8. The van der Waals surface area contributed by atoms with E-state index in [1.807, 2.05) is 0 Å². The van der Waals surface area contributed by atoms with Crippen LogP contribution in [0.3, 0.4) is 0 Å². The molecule has 1 rings (SSSR count). The SMILES string of the molecule is CCC(N)Cc1ccc(N(C)C(C)C(C)C)c(Cl)c1. The lowest BCUT2D eigenvalue weighted by Gasteiger charge is -2.31. The third-order valence-electron chi connectivity index (χ3n) is 3.99. The monoisotopic (exact) mass is 282 g/mol. The molecule has 0 aliphatic rings. The fraction of sp³-hybridized carbons (Fsp3) is 0.625. The molecule has 0 spiro atoms. The highest BCUT2D eigenvalue weighted by atomic mass is 35.5. The van der Waals surface area contributed by atoms with Crippen molar-refractivity contribution < 1.29 is 0 Å². The number of rotatable bonds is 6. The molecule has 2 unspecified atom stereocenters. The van der Waals surface area contributed by atoms with Crippen molar-refractivity contribution in [3.63, 3.8) is 0 Å². The molecule has 2 atom stereocenters. The zero-order valence-corrected chi connectivity index (χ0v) is 13.5. The molecule has 0 saturated heterocycles. The van der Waals surface area contributed by atoms with Crippen LogP contribution in [0.15, 0.2) is 18.2 Å². The predicted molar refractivity (Wildman–Crippen MR) is 86.1 cm³/mol. The Hall–Kier alpha value is -0.730. The molecule has 1 aromatic carbocycles. The van der Waals surface area contributed by atoms with Gasteiger partial charge in [0.05, 0.1) is 10.7 Å². The van der Waals surface area contributed by atoms with Gasteiger partial charge < -0.3 is 10.6 Å². The van der Waals surface area contributed by atoms with Crippen molar-refractivity contribution in [2.24, 2.45) is 11.7 Å². The van der Waals surface area contributed by atoms with Crippen molar-refractivity contribution in [3.8, 4) is 0 Å². The van der Waals surface area contributed by atoms with Crippen molar-refractivity contribution in [1.82, 2.24) is 0 Å². The standard InChI is InChI=1S/C16H27ClN2/c1-6-14(18)9-13-7-8-16(15(17)10-13)19(5)12(4)11(2)3/h7-8,10-12,14H,6,9,18H2,1-5H3. The Morgan fingerprint density at radius 3 is 2.37 bits per heavy atom. The summed E-state index contributed by atoms with van der Waals surface area (Å²) in [4.78, 5) is 2.25. The van der Waals surface area contributed by atoms with Crippen LogP contribution < -0.4 is 10.6 Å². The van der Waals surface area contributed by atoms with Gasteiger partial charge in [0.2, 0.25) is 0 Å². The summed E-state index contributed by atoms with van der Waals surface area (Å²) in [6, 6.07) is 6.98. The van der Waals surface area contributed by atoms with Gasteiger partial charge in [-0.15, -0.1) is 0 Å². The Labute approximate surface area is 122 Å². The van der Waals surface area contributed by atoms with Crippen molar-refractivity contribution in [3.05, 3.63) is 28.8 Å². The van der Waals surface area contributed by atoms with Crippen LogP contribution >= 0.6 is 11.6 Å². The second-order valence-electron chi connectivity index (χ2n) is 5.75. The second kappa shape index (κ2) is 7.16. The molecule has 0 radical (unpaired) electrons. The molecule has 3 heteroatoms. The molecule has 19 heavy (non-hydrogen) atoms. The predicted octanol–water partition coefficient (Wildman–Crippen LogP) is 4.10. The van der Waals surface area contributed by atoms with E-state index in [9.17, 15) is 0 Å². The first-order valence-electron chi connectivity index (χ1n) is 7.13. The number of hydrogen-bond donors (Lipinski definition) is 1. The van der Waals surface area contributed by atoms with Crippen LogP contribution in [0.25, 0.3) is 0 Å². The molecule has 0 heterocycles. The van der Waals surface area contributed by atoms with Crippen molar-refractivity contribution in [1.29, 1.82) is 0 Å². The average molecular weight is 283 g/mol. The fourth-order valence-electron chi connectivity index (χ4n) is 2.08. The van der Waals surface area contributed by atoms with Crippen LogP contribution in [0.1, 0.15) is 39.7 Å². The maximum absolute atomic E-state index is 6.42. The summed E-state index contributed by atoms with van der Waals surface area (Å²) in [5.41, 5.74) is 8.30. The average Bonchev–Trinajstić information content (AvgIpc) is 2.37. The van der Waals surface area contributed by atoms with E-state index >= 15 is 0 Å². The van der Waals surface area contributed by atoms with E-state index < -0.39 is 0 Å². The lowest BCUT2D eigenvalue weighted by atomic mass is 10.0. The third-order valence-corrected chi connectivity index (χ3v) is 4.29. The van der Waals surface area contributed by atoms with Gasteiger partial charge in [-0.3, -0.25) is 0 Å². The van der Waals surface area contributed by atoms with E-state index in [0.29, 0.717) is 12.0 Å². The van der Waals surface area contributed by atoms with E-state index in [1.54, 1.807) is 0 Å². The second-order valence-corrected chi connectivity index (χ2v) is 6.16. The molecule has 0 aliphatic carbocycles. The first kappa shape index (κ1) is 16.3. The number of halogens is 1. The number of anilines is 1. The van der Waals surface area contributed by atoms with Crippen LogP contribution in [0, 0.1) is 5.92 Å². The summed E-state index contributed by atoms with van der Waals surface area (Å²) in [5, 5.41) is 0.816. The van der Waals surface area contributed by atoms with Gasteiger partial charge in [-0.05, 0) is 43.4 Å². The van der Waals surface area contributed by atoms with Gasteiger partial charge in [0.15, 0.2) is 0 Å². The van der Waals surface area contributed by atoms with Crippen LogP contribution in [0.4, 0.5) is 5.69 Å². The largest absolute Gasteiger partial charge is 0.370 e. The first-order chi connectivity index (χ1) is 8.86. The van der Waals surface area contributed by atoms with Crippen LogP contribution in [-0.4, -0.2) is 19.1 Å². The minimum absolute atomic E-state index is 0.217. The molecule has 0 fully saturated rings. The summed E-state index contributed by atoms with van der Waals surface area (Å²) in [6.45, 7) is 8.79. The molecular formula is C16H27ClN2. The lowest BCUT2D eigenvalue weighted by Crippen LogP contribution is -2.33.